The first kappa shape index (κ1) is 23.5. The molecule has 0 unspecified atom stereocenters. The van der Waals surface area contributed by atoms with Crippen LogP contribution in [0.1, 0.15) is 19.8 Å². The molecule has 32 heavy (non-hydrogen) atoms. The van der Waals surface area contributed by atoms with Crippen molar-refractivity contribution in [3.63, 3.8) is 0 Å². The Morgan fingerprint density at radius 2 is 1.84 bits per heavy atom. The third-order valence-corrected chi connectivity index (χ3v) is 5.18. The number of carbonyl (C=O) groups is 2. The highest BCUT2D eigenvalue weighted by molar-refractivity contribution is 6.32. The number of para-hydroxylation sites is 1. The van der Waals surface area contributed by atoms with Crippen LogP contribution in [0.2, 0.25) is 5.02 Å². The standard InChI is InChI=1S/C24H27ClN4O3/c1-3-4-14-28(24(31)17-32-2)16-23(30)26-22-15-20(18-10-6-5-7-11-18)27-29(22)21-13-9-8-12-19(21)25/h5-13,15H,3-4,14,16-17H2,1-2H3,(H,26,30). The van der Waals surface area contributed by atoms with Gasteiger partial charge in [-0.2, -0.15) is 5.10 Å². The quantitative estimate of drug-likeness (QED) is 0.492. The van der Waals surface area contributed by atoms with E-state index in [4.69, 9.17) is 16.3 Å². The number of methoxy groups -OCH3 is 1. The largest absolute Gasteiger partial charge is 0.375 e. The Balaban J connectivity index is 1.88. The fourth-order valence-corrected chi connectivity index (χ4v) is 3.45. The van der Waals surface area contributed by atoms with Crippen molar-refractivity contribution >= 4 is 29.2 Å². The highest BCUT2D eigenvalue weighted by Crippen LogP contribution is 2.28. The van der Waals surface area contributed by atoms with Crippen LogP contribution < -0.4 is 5.32 Å². The number of benzene rings is 2. The zero-order valence-corrected chi connectivity index (χ0v) is 19.0. The summed E-state index contributed by atoms with van der Waals surface area (Å²) in [4.78, 5) is 26.7. The van der Waals surface area contributed by atoms with Crippen molar-refractivity contribution in [2.45, 2.75) is 19.8 Å². The molecule has 0 saturated carbocycles. The van der Waals surface area contributed by atoms with Crippen LogP contribution in [0.4, 0.5) is 5.82 Å². The Kier molecular flexibility index (Phi) is 8.41. The van der Waals surface area contributed by atoms with Crippen molar-refractivity contribution in [3.05, 3.63) is 65.7 Å². The lowest BCUT2D eigenvalue weighted by atomic mass is 10.1. The second kappa shape index (κ2) is 11.5. The lowest BCUT2D eigenvalue weighted by Gasteiger charge is -2.21. The lowest BCUT2D eigenvalue weighted by Crippen LogP contribution is -2.40. The summed E-state index contributed by atoms with van der Waals surface area (Å²) in [5.41, 5.74) is 2.25. The average molecular weight is 455 g/mol. The van der Waals surface area contributed by atoms with Gasteiger partial charge in [0.1, 0.15) is 12.4 Å². The maximum absolute atomic E-state index is 12.9. The van der Waals surface area contributed by atoms with Gasteiger partial charge in [-0.3, -0.25) is 9.59 Å². The number of unbranched alkanes of at least 4 members (excludes halogenated alkanes) is 1. The summed E-state index contributed by atoms with van der Waals surface area (Å²) in [6, 6.07) is 18.7. The molecule has 0 aliphatic heterocycles. The van der Waals surface area contributed by atoms with Crippen LogP contribution in [-0.4, -0.2) is 53.3 Å². The summed E-state index contributed by atoms with van der Waals surface area (Å²) < 4.78 is 6.56. The van der Waals surface area contributed by atoms with Crippen LogP contribution >= 0.6 is 11.6 Å². The van der Waals surface area contributed by atoms with Gasteiger partial charge in [-0.15, -0.1) is 0 Å². The molecule has 3 aromatic rings. The third-order valence-electron chi connectivity index (χ3n) is 4.86. The number of aromatic nitrogens is 2. The van der Waals surface area contributed by atoms with Gasteiger partial charge in [0.15, 0.2) is 0 Å². The summed E-state index contributed by atoms with van der Waals surface area (Å²) in [7, 11) is 1.46. The second-order valence-corrected chi connectivity index (χ2v) is 7.70. The number of nitrogens with zero attached hydrogens (tertiary/aromatic N) is 3. The molecule has 3 rings (SSSR count). The van der Waals surface area contributed by atoms with Crippen LogP contribution in [0.15, 0.2) is 60.7 Å². The van der Waals surface area contributed by atoms with Crippen molar-refractivity contribution in [2.24, 2.45) is 0 Å². The zero-order valence-electron chi connectivity index (χ0n) is 18.3. The summed E-state index contributed by atoms with van der Waals surface area (Å²) in [6.07, 6.45) is 1.72. The van der Waals surface area contributed by atoms with E-state index in [9.17, 15) is 9.59 Å². The molecule has 0 fully saturated rings. The minimum absolute atomic E-state index is 0.0628. The van der Waals surface area contributed by atoms with Crippen LogP contribution in [0.25, 0.3) is 16.9 Å². The number of rotatable bonds is 10. The van der Waals surface area contributed by atoms with Gasteiger partial charge in [-0.1, -0.05) is 67.4 Å². The second-order valence-electron chi connectivity index (χ2n) is 7.29. The molecule has 2 aromatic carbocycles. The SMILES string of the molecule is CCCCN(CC(=O)Nc1cc(-c2ccccc2)nn1-c1ccccc1Cl)C(=O)COC. The van der Waals surface area contributed by atoms with Crippen molar-refractivity contribution in [1.29, 1.82) is 0 Å². The molecular formula is C24H27ClN4O3. The molecule has 0 saturated heterocycles. The van der Waals surface area contributed by atoms with E-state index in [-0.39, 0.29) is 25.0 Å². The summed E-state index contributed by atoms with van der Waals surface area (Å²) in [5.74, 6) is -0.0735. The fraction of sp³-hybridized carbons (Fsp3) is 0.292. The number of halogens is 1. The summed E-state index contributed by atoms with van der Waals surface area (Å²) in [5, 5.41) is 8.08. The first-order valence-corrected chi connectivity index (χ1v) is 10.9. The Bertz CT molecular complexity index is 1050. The summed E-state index contributed by atoms with van der Waals surface area (Å²) >= 11 is 6.40. The first-order valence-electron chi connectivity index (χ1n) is 10.5. The predicted octanol–water partition coefficient (Wildman–Crippen LogP) is 4.41. The highest BCUT2D eigenvalue weighted by Gasteiger charge is 2.19. The van der Waals surface area contributed by atoms with E-state index in [1.54, 1.807) is 16.8 Å². The lowest BCUT2D eigenvalue weighted by molar-refractivity contribution is -0.138. The van der Waals surface area contributed by atoms with E-state index in [1.165, 1.54) is 12.0 Å². The van der Waals surface area contributed by atoms with Crippen LogP contribution in [0, 0.1) is 0 Å². The number of ether oxygens (including phenoxy) is 1. The predicted molar refractivity (Wildman–Crippen MR) is 126 cm³/mol. The molecule has 1 heterocycles. The van der Waals surface area contributed by atoms with Gasteiger partial charge in [-0.25, -0.2) is 4.68 Å². The van der Waals surface area contributed by atoms with Gasteiger partial charge < -0.3 is 15.0 Å². The fourth-order valence-electron chi connectivity index (χ4n) is 3.24. The maximum atomic E-state index is 12.9. The molecule has 0 spiro atoms. The Morgan fingerprint density at radius 1 is 1.12 bits per heavy atom. The molecule has 168 valence electrons. The Hall–Kier alpha value is -3.16. The molecule has 2 amide bonds. The van der Waals surface area contributed by atoms with Gasteiger partial charge in [0, 0.05) is 25.3 Å². The molecule has 0 bridgehead atoms. The minimum Gasteiger partial charge on any atom is -0.375 e. The minimum atomic E-state index is -0.321. The number of carbonyl (C=O) groups excluding carboxylic acids is 2. The van der Waals surface area contributed by atoms with E-state index in [2.05, 4.69) is 10.4 Å². The molecule has 8 heteroatoms. The van der Waals surface area contributed by atoms with Crippen molar-refractivity contribution < 1.29 is 14.3 Å². The van der Waals surface area contributed by atoms with E-state index in [0.29, 0.717) is 28.8 Å². The van der Waals surface area contributed by atoms with E-state index < -0.39 is 0 Å². The first-order chi connectivity index (χ1) is 15.5. The van der Waals surface area contributed by atoms with E-state index in [1.807, 2.05) is 55.5 Å². The van der Waals surface area contributed by atoms with Gasteiger partial charge in [0.2, 0.25) is 11.8 Å². The number of amides is 2. The molecular weight excluding hydrogens is 428 g/mol. The normalized spacial score (nSPS) is 10.7. The number of hydrogen-bond donors (Lipinski definition) is 1. The van der Waals surface area contributed by atoms with Gasteiger partial charge in [-0.05, 0) is 18.6 Å². The molecule has 1 aromatic heterocycles. The third kappa shape index (κ3) is 5.96. The number of nitrogens with one attached hydrogen (secondary N) is 1. The highest BCUT2D eigenvalue weighted by atomic mass is 35.5. The smallest absolute Gasteiger partial charge is 0.249 e. The van der Waals surface area contributed by atoms with Crippen molar-refractivity contribution in [2.75, 3.05) is 32.1 Å². The average Bonchev–Trinajstić information content (AvgIpc) is 3.21. The number of hydrogen-bond acceptors (Lipinski definition) is 4. The Labute approximate surface area is 192 Å². The molecule has 1 N–H and O–H groups in total. The van der Waals surface area contributed by atoms with Gasteiger partial charge >= 0.3 is 0 Å². The molecule has 0 atom stereocenters. The number of anilines is 1. The van der Waals surface area contributed by atoms with Crippen LogP contribution in [0.5, 0.6) is 0 Å². The molecule has 0 aliphatic carbocycles. The van der Waals surface area contributed by atoms with Crippen molar-refractivity contribution in [1.82, 2.24) is 14.7 Å². The van der Waals surface area contributed by atoms with Gasteiger partial charge in [0.25, 0.3) is 0 Å². The van der Waals surface area contributed by atoms with E-state index in [0.717, 1.165) is 18.4 Å². The van der Waals surface area contributed by atoms with E-state index >= 15 is 0 Å². The topological polar surface area (TPSA) is 76.5 Å². The zero-order chi connectivity index (χ0) is 22.9. The maximum Gasteiger partial charge on any atom is 0.249 e. The summed E-state index contributed by atoms with van der Waals surface area (Å²) in [6.45, 7) is 2.39. The molecule has 0 aliphatic rings. The molecule has 0 radical (unpaired) electrons. The van der Waals surface area contributed by atoms with Crippen molar-refractivity contribution in [3.8, 4) is 16.9 Å². The van der Waals surface area contributed by atoms with Crippen LogP contribution in [-0.2, 0) is 14.3 Å². The Morgan fingerprint density at radius 3 is 2.53 bits per heavy atom. The monoisotopic (exact) mass is 454 g/mol. The molecule has 7 nitrogen and oxygen atoms in total. The van der Waals surface area contributed by atoms with Crippen LogP contribution in [0.3, 0.4) is 0 Å². The van der Waals surface area contributed by atoms with Gasteiger partial charge in [0.05, 0.1) is 22.9 Å².